The predicted molar refractivity (Wildman–Crippen MR) is 108 cm³/mol. The number of carbonyl (C=O) groups excluding carboxylic acids is 2. The second-order valence-electron chi connectivity index (χ2n) is 9.36. The highest BCUT2D eigenvalue weighted by Crippen LogP contribution is 2.45. The maximum absolute atomic E-state index is 13.0. The lowest BCUT2D eigenvalue weighted by Gasteiger charge is -2.42. The maximum Gasteiger partial charge on any atom is 0.235 e. The van der Waals surface area contributed by atoms with Crippen LogP contribution in [-0.2, 0) is 15.6 Å². The summed E-state index contributed by atoms with van der Waals surface area (Å²) < 4.78 is 0. The zero-order chi connectivity index (χ0) is 19.8. The Balaban J connectivity index is 1.85. The van der Waals surface area contributed by atoms with Gasteiger partial charge in [0.2, 0.25) is 5.91 Å². The number of primary amides is 1. The highest BCUT2D eigenvalue weighted by atomic mass is 16.2. The standard InChI is InChI=1S/C22H33N3O2/c1-21(2)7-8-22(3,4)17-13-15(5-6-16(17)21)19(26)14-18(20(23)27)25-11-9-24-10-12-25/h5-6,13,18,24H,7-12,14H2,1-4H3,(H2,23,27). The second kappa shape index (κ2) is 7.36. The van der Waals surface area contributed by atoms with Crippen LogP contribution in [0.15, 0.2) is 18.2 Å². The Kier molecular flexibility index (Phi) is 5.46. The molecule has 1 aromatic carbocycles. The number of rotatable bonds is 5. The van der Waals surface area contributed by atoms with E-state index in [1.54, 1.807) is 0 Å². The molecule has 5 heteroatoms. The number of fused-ring (bicyclic) bond motifs is 1. The second-order valence-corrected chi connectivity index (χ2v) is 9.36. The molecule has 0 aromatic heterocycles. The van der Waals surface area contributed by atoms with E-state index in [-0.39, 0.29) is 23.0 Å². The topological polar surface area (TPSA) is 75.4 Å². The fraction of sp³-hybridized carbons (Fsp3) is 0.636. The molecular weight excluding hydrogens is 338 g/mol. The first-order chi connectivity index (χ1) is 12.6. The normalized spacial score (nSPS) is 22.7. The summed E-state index contributed by atoms with van der Waals surface area (Å²) in [6.45, 7) is 12.2. The smallest absolute Gasteiger partial charge is 0.235 e. The van der Waals surface area contributed by atoms with Crippen molar-refractivity contribution < 1.29 is 9.59 Å². The molecule has 1 amide bonds. The Bertz CT molecular complexity index is 733. The molecule has 0 radical (unpaired) electrons. The van der Waals surface area contributed by atoms with Gasteiger partial charge in [0.25, 0.3) is 0 Å². The number of nitrogens with one attached hydrogen (secondary N) is 1. The number of Topliss-reactive ketones (excluding diaryl/α,β-unsaturated/α-hetero) is 1. The van der Waals surface area contributed by atoms with E-state index in [4.69, 9.17) is 5.73 Å². The predicted octanol–water partition coefficient (Wildman–Crippen LogP) is 2.37. The van der Waals surface area contributed by atoms with Gasteiger partial charge in [-0.3, -0.25) is 14.5 Å². The summed E-state index contributed by atoms with van der Waals surface area (Å²) in [6.07, 6.45) is 2.40. The third kappa shape index (κ3) is 4.09. The molecule has 3 N–H and O–H groups in total. The minimum absolute atomic E-state index is 0.000637. The molecule has 1 aromatic rings. The van der Waals surface area contributed by atoms with Gasteiger partial charge in [-0.25, -0.2) is 0 Å². The summed E-state index contributed by atoms with van der Waals surface area (Å²) >= 11 is 0. The zero-order valence-electron chi connectivity index (χ0n) is 17.1. The van der Waals surface area contributed by atoms with Crippen molar-refractivity contribution in [3.05, 3.63) is 34.9 Å². The average Bonchev–Trinajstić information content (AvgIpc) is 2.63. The van der Waals surface area contributed by atoms with Crippen LogP contribution in [0.3, 0.4) is 0 Å². The number of nitrogens with zero attached hydrogens (tertiary/aromatic N) is 1. The molecule has 148 valence electrons. The Morgan fingerprint density at radius 2 is 1.67 bits per heavy atom. The Hall–Kier alpha value is -1.72. The molecule has 1 atom stereocenters. The monoisotopic (exact) mass is 371 g/mol. The fourth-order valence-corrected chi connectivity index (χ4v) is 4.46. The first-order valence-corrected chi connectivity index (χ1v) is 10.0. The van der Waals surface area contributed by atoms with Gasteiger partial charge in [-0.05, 0) is 40.9 Å². The molecule has 1 saturated heterocycles. The number of carbonyl (C=O) groups is 2. The average molecular weight is 372 g/mol. The van der Waals surface area contributed by atoms with E-state index in [1.165, 1.54) is 11.1 Å². The molecule has 1 unspecified atom stereocenters. The van der Waals surface area contributed by atoms with Crippen LogP contribution in [0.25, 0.3) is 0 Å². The third-order valence-corrected chi connectivity index (χ3v) is 6.47. The summed E-state index contributed by atoms with van der Waals surface area (Å²) in [6, 6.07) is 5.59. The van der Waals surface area contributed by atoms with Crippen molar-refractivity contribution in [3.8, 4) is 0 Å². The van der Waals surface area contributed by atoms with Crippen molar-refractivity contribution in [2.75, 3.05) is 26.2 Å². The van der Waals surface area contributed by atoms with Gasteiger partial charge in [0, 0.05) is 38.2 Å². The SMILES string of the molecule is CC1(C)CCC(C)(C)c2cc(C(=O)CC(C(N)=O)N3CCNCC3)ccc21. The molecule has 1 fully saturated rings. The maximum atomic E-state index is 13.0. The van der Waals surface area contributed by atoms with E-state index in [0.29, 0.717) is 5.56 Å². The first kappa shape index (κ1) is 20.0. The highest BCUT2D eigenvalue weighted by molar-refractivity contribution is 5.99. The van der Waals surface area contributed by atoms with Gasteiger partial charge in [-0.15, -0.1) is 0 Å². The Labute approximate surface area is 162 Å². The van der Waals surface area contributed by atoms with Crippen LogP contribution in [0.5, 0.6) is 0 Å². The van der Waals surface area contributed by atoms with Crippen molar-refractivity contribution >= 4 is 11.7 Å². The minimum atomic E-state index is -0.528. The Morgan fingerprint density at radius 3 is 2.26 bits per heavy atom. The van der Waals surface area contributed by atoms with E-state index >= 15 is 0 Å². The van der Waals surface area contributed by atoms with Gasteiger partial charge in [0.15, 0.2) is 5.78 Å². The highest BCUT2D eigenvalue weighted by Gasteiger charge is 2.37. The van der Waals surface area contributed by atoms with Gasteiger partial charge in [-0.1, -0.05) is 39.8 Å². The molecule has 0 bridgehead atoms. The Morgan fingerprint density at radius 1 is 1.07 bits per heavy atom. The van der Waals surface area contributed by atoms with Crippen molar-refractivity contribution in [1.29, 1.82) is 0 Å². The van der Waals surface area contributed by atoms with Gasteiger partial charge < -0.3 is 11.1 Å². The van der Waals surface area contributed by atoms with E-state index < -0.39 is 11.9 Å². The van der Waals surface area contributed by atoms with Crippen LogP contribution in [-0.4, -0.2) is 48.8 Å². The van der Waals surface area contributed by atoms with E-state index in [9.17, 15) is 9.59 Å². The number of hydrogen-bond donors (Lipinski definition) is 2. The molecule has 0 spiro atoms. The van der Waals surface area contributed by atoms with Crippen molar-refractivity contribution in [1.82, 2.24) is 10.2 Å². The van der Waals surface area contributed by atoms with Crippen LogP contribution >= 0.6 is 0 Å². The number of ketones is 1. The van der Waals surface area contributed by atoms with E-state index in [1.807, 2.05) is 11.0 Å². The van der Waals surface area contributed by atoms with Crippen LogP contribution < -0.4 is 11.1 Å². The molecule has 0 saturated carbocycles. The van der Waals surface area contributed by atoms with Crippen LogP contribution in [0.2, 0.25) is 0 Å². The van der Waals surface area contributed by atoms with Crippen LogP contribution in [0.4, 0.5) is 0 Å². The largest absolute Gasteiger partial charge is 0.368 e. The lowest BCUT2D eigenvalue weighted by molar-refractivity contribution is -0.123. The number of hydrogen-bond acceptors (Lipinski definition) is 4. The quantitative estimate of drug-likeness (QED) is 0.779. The number of nitrogens with two attached hydrogens (primary N) is 1. The molecule has 27 heavy (non-hydrogen) atoms. The molecule has 1 aliphatic carbocycles. The number of benzene rings is 1. The zero-order valence-corrected chi connectivity index (χ0v) is 17.1. The van der Waals surface area contributed by atoms with Gasteiger partial charge in [0.05, 0.1) is 6.04 Å². The van der Waals surface area contributed by atoms with Crippen LogP contribution in [0, 0.1) is 0 Å². The molecule has 1 heterocycles. The summed E-state index contributed by atoms with van der Waals surface area (Å²) in [4.78, 5) is 27.0. The molecule has 1 aliphatic heterocycles. The molecule has 2 aliphatic rings. The number of amides is 1. The van der Waals surface area contributed by atoms with E-state index in [2.05, 4.69) is 45.1 Å². The van der Waals surface area contributed by atoms with Crippen LogP contribution in [0.1, 0.15) is 68.4 Å². The number of piperazine rings is 1. The lowest BCUT2D eigenvalue weighted by Crippen LogP contribution is -2.53. The minimum Gasteiger partial charge on any atom is -0.368 e. The summed E-state index contributed by atoms with van der Waals surface area (Å²) in [5.41, 5.74) is 9.11. The molecule has 3 rings (SSSR count). The van der Waals surface area contributed by atoms with Gasteiger partial charge >= 0.3 is 0 Å². The van der Waals surface area contributed by atoms with Crippen molar-refractivity contribution in [2.24, 2.45) is 5.73 Å². The summed E-state index contributed by atoms with van der Waals surface area (Å²) in [5, 5.41) is 3.27. The van der Waals surface area contributed by atoms with Gasteiger partial charge in [0.1, 0.15) is 0 Å². The van der Waals surface area contributed by atoms with Crippen molar-refractivity contribution in [3.63, 3.8) is 0 Å². The lowest BCUT2D eigenvalue weighted by atomic mass is 9.63. The summed E-state index contributed by atoms with van der Waals surface area (Å²) in [5.74, 6) is -0.413. The van der Waals surface area contributed by atoms with Gasteiger partial charge in [-0.2, -0.15) is 0 Å². The fourth-order valence-electron chi connectivity index (χ4n) is 4.46. The first-order valence-electron chi connectivity index (χ1n) is 10.0. The third-order valence-electron chi connectivity index (χ3n) is 6.47. The van der Waals surface area contributed by atoms with E-state index in [0.717, 1.165) is 39.0 Å². The molecular formula is C22H33N3O2. The summed E-state index contributed by atoms with van der Waals surface area (Å²) in [7, 11) is 0. The molecule has 5 nitrogen and oxygen atoms in total. The van der Waals surface area contributed by atoms with Crippen molar-refractivity contribution in [2.45, 2.75) is 63.8 Å².